The lowest BCUT2D eigenvalue weighted by molar-refractivity contribution is -0.274. The van der Waals surface area contributed by atoms with Gasteiger partial charge in [0.2, 0.25) is 0 Å². The predicted molar refractivity (Wildman–Crippen MR) is 96.7 cm³/mol. The van der Waals surface area contributed by atoms with Gasteiger partial charge in [-0.15, -0.1) is 13.2 Å². The summed E-state index contributed by atoms with van der Waals surface area (Å²) in [5.41, 5.74) is 2.76. The topological polar surface area (TPSA) is 64.3 Å². The molecule has 1 N–H and O–H groups in total. The molecule has 0 unspecified atom stereocenters. The monoisotopic (exact) mass is 385 g/mol. The molecule has 0 radical (unpaired) electrons. The van der Waals surface area contributed by atoms with Crippen LogP contribution in [0.5, 0.6) is 5.75 Å². The average molecular weight is 385 g/mol. The molecule has 0 aliphatic heterocycles. The number of ether oxygens (including phenoxy) is 1. The summed E-state index contributed by atoms with van der Waals surface area (Å²) in [7, 11) is 0. The van der Waals surface area contributed by atoms with Gasteiger partial charge < -0.3 is 10.1 Å². The Morgan fingerprint density at radius 3 is 2.64 bits per heavy atom. The fraction of sp³-hybridized carbons (Fsp3) is 0.105. The Bertz CT molecular complexity index is 1100. The molecule has 4 aromatic rings. The number of pyridine rings is 1. The van der Waals surface area contributed by atoms with E-state index >= 15 is 0 Å². The zero-order valence-corrected chi connectivity index (χ0v) is 14.4. The van der Waals surface area contributed by atoms with Crippen LogP contribution in [0.1, 0.15) is 5.56 Å². The summed E-state index contributed by atoms with van der Waals surface area (Å²) in [6.45, 7) is 0.534. The van der Waals surface area contributed by atoms with Crippen LogP contribution < -0.4 is 10.1 Å². The molecule has 3 aromatic heterocycles. The molecule has 0 aliphatic rings. The second kappa shape index (κ2) is 7.18. The van der Waals surface area contributed by atoms with E-state index in [4.69, 9.17) is 0 Å². The second-order valence-electron chi connectivity index (χ2n) is 5.90. The highest BCUT2D eigenvalue weighted by Gasteiger charge is 2.31. The fourth-order valence-corrected chi connectivity index (χ4v) is 2.80. The van der Waals surface area contributed by atoms with Crippen LogP contribution in [0, 0.1) is 0 Å². The molecule has 0 aliphatic carbocycles. The van der Waals surface area contributed by atoms with Crippen LogP contribution in [0.15, 0.2) is 67.4 Å². The molecular weight excluding hydrogens is 371 g/mol. The lowest BCUT2D eigenvalue weighted by atomic mass is 10.1. The molecule has 0 saturated heterocycles. The van der Waals surface area contributed by atoms with Gasteiger partial charge in [-0.1, -0.05) is 12.1 Å². The van der Waals surface area contributed by atoms with Crippen LogP contribution in [0.2, 0.25) is 0 Å². The van der Waals surface area contributed by atoms with Crippen LogP contribution in [-0.2, 0) is 6.54 Å². The SMILES string of the molecule is FC(F)(F)Oc1cccc(-c2cnc3c(NCc4ccncc4)nccn23)c1. The van der Waals surface area contributed by atoms with Gasteiger partial charge in [0, 0.05) is 36.9 Å². The molecule has 142 valence electrons. The molecule has 1 aromatic carbocycles. The highest BCUT2D eigenvalue weighted by molar-refractivity contribution is 5.71. The first-order chi connectivity index (χ1) is 13.5. The van der Waals surface area contributed by atoms with Gasteiger partial charge in [-0.3, -0.25) is 9.38 Å². The summed E-state index contributed by atoms with van der Waals surface area (Å²) in [5, 5.41) is 3.22. The quantitative estimate of drug-likeness (QED) is 0.555. The molecule has 6 nitrogen and oxygen atoms in total. The Morgan fingerprint density at radius 1 is 1.04 bits per heavy atom. The van der Waals surface area contributed by atoms with Crippen molar-refractivity contribution >= 4 is 11.5 Å². The van der Waals surface area contributed by atoms with Crippen LogP contribution >= 0.6 is 0 Å². The third kappa shape index (κ3) is 3.88. The lowest BCUT2D eigenvalue weighted by Gasteiger charge is -2.10. The zero-order chi connectivity index (χ0) is 19.6. The lowest BCUT2D eigenvalue weighted by Crippen LogP contribution is -2.17. The van der Waals surface area contributed by atoms with E-state index in [1.807, 2.05) is 12.1 Å². The van der Waals surface area contributed by atoms with E-state index in [2.05, 4.69) is 25.0 Å². The molecule has 0 spiro atoms. The zero-order valence-electron chi connectivity index (χ0n) is 14.4. The maximum absolute atomic E-state index is 12.5. The van der Waals surface area contributed by atoms with Crippen molar-refractivity contribution in [1.82, 2.24) is 19.4 Å². The first-order valence-electron chi connectivity index (χ1n) is 8.31. The van der Waals surface area contributed by atoms with E-state index in [1.54, 1.807) is 41.5 Å². The number of fused-ring (bicyclic) bond motifs is 1. The van der Waals surface area contributed by atoms with Gasteiger partial charge in [0.1, 0.15) is 5.75 Å². The molecule has 3 heterocycles. The minimum atomic E-state index is -4.74. The standard InChI is InChI=1S/C19H14F3N5O/c20-19(21,22)28-15-3-1-2-14(10-15)16-12-26-18-17(24-8-9-27(16)18)25-11-13-4-6-23-7-5-13/h1-10,12H,11H2,(H,24,25). The Balaban J connectivity index is 1.64. The van der Waals surface area contributed by atoms with E-state index in [1.165, 1.54) is 18.2 Å². The number of hydrogen-bond acceptors (Lipinski definition) is 5. The number of hydrogen-bond donors (Lipinski definition) is 1. The van der Waals surface area contributed by atoms with E-state index in [-0.39, 0.29) is 5.75 Å². The number of aromatic nitrogens is 4. The smallest absolute Gasteiger partial charge is 0.406 e. The van der Waals surface area contributed by atoms with Crippen molar-refractivity contribution in [3.63, 3.8) is 0 Å². The highest BCUT2D eigenvalue weighted by atomic mass is 19.4. The number of halogens is 3. The van der Waals surface area contributed by atoms with Gasteiger partial charge in [0.05, 0.1) is 11.9 Å². The van der Waals surface area contributed by atoms with Crippen LogP contribution in [0.25, 0.3) is 16.9 Å². The predicted octanol–water partition coefficient (Wildman–Crippen LogP) is 4.30. The van der Waals surface area contributed by atoms with Crippen LogP contribution in [0.3, 0.4) is 0 Å². The Labute approximate surface area is 157 Å². The average Bonchev–Trinajstić information content (AvgIpc) is 3.11. The number of nitrogens with one attached hydrogen (secondary N) is 1. The van der Waals surface area contributed by atoms with Gasteiger partial charge >= 0.3 is 6.36 Å². The van der Waals surface area contributed by atoms with Crippen LogP contribution in [-0.4, -0.2) is 25.7 Å². The second-order valence-corrected chi connectivity index (χ2v) is 5.90. The third-order valence-corrected chi connectivity index (χ3v) is 4.00. The maximum Gasteiger partial charge on any atom is 0.573 e. The number of alkyl halides is 3. The minimum absolute atomic E-state index is 0.287. The van der Waals surface area contributed by atoms with E-state index < -0.39 is 6.36 Å². The summed E-state index contributed by atoms with van der Waals surface area (Å²) in [5.74, 6) is 0.276. The van der Waals surface area contributed by atoms with Gasteiger partial charge in [-0.2, -0.15) is 0 Å². The molecule has 0 saturated carbocycles. The van der Waals surface area contributed by atoms with E-state index in [9.17, 15) is 13.2 Å². The van der Waals surface area contributed by atoms with Crippen molar-refractivity contribution in [3.8, 4) is 17.0 Å². The first kappa shape index (κ1) is 17.8. The summed E-state index contributed by atoms with van der Waals surface area (Å²) < 4.78 is 43.2. The molecule has 0 bridgehead atoms. The van der Waals surface area contributed by atoms with Crippen molar-refractivity contribution in [2.24, 2.45) is 0 Å². The molecule has 4 rings (SSSR count). The van der Waals surface area contributed by atoms with Crippen molar-refractivity contribution in [2.75, 3.05) is 5.32 Å². The highest BCUT2D eigenvalue weighted by Crippen LogP contribution is 2.29. The summed E-state index contributed by atoms with van der Waals surface area (Å²) in [6, 6.07) is 9.54. The minimum Gasteiger partial charge on any atom is -0.406 e. The van der Waals surface area contributed by atoms with Gasteiger partial charge in [0.15, 0.2) is 11.5 Å². The number of anilines is 1. The molecule has 0 fully saturated rings. The molecule has 28 heavy (non-hydrogen) atoms. The van der Waals surface area contributed by atoms with Crippen molar-refractivity contribution in [3.05, 3.63) is 72.9 Å². The van der Waals surface area contributed by atoms with Gasteiger partial charge in [-0.05, 0) is 29.8 Å². The van der Waals surface area contributed by atoms with Crippen molar-refractivity contribution in [1.29, 1.82) is 0 Å². The van der Waals surface area contributed by atoms with E-state index in [0.29, 0.717) is 29.3 Å². The summed E-state index contributed by atoms with van der Waals surface area (Å²) in [6.07, 6.45) is 3.55. The summed E-state index contributed by atoms with van der Waals surface area (Å²) in [4.78, 5) is 12.7. The Kier molecular flexibility index (Phi) is 4.56. The molecule has 9 heteroatoms. The molecular formula is C19H14F3N5O. The molecule has 0 amide bonds. The van der Waals surface area contributed by atoms with Crippen molar-refractivity contribution < 1.29 is 17.9 Å². The van der Waals surface area contributed by atoms with E-state index in [0.717, 1.165) is 5.56 Å². The van der Waals surface area contributed by atoms with Gasteiger partial charge in [0.25, 0.3) is 0 Å². The fourth-order valence-electron chi connectivity index (χ4n) is 2.80. The summed E-state index contributed by atoms with van der Waals surface area (Å²) >= 11 is 0. The van der Waals surface area contributed by atoms with Crippen molar-refractivity contribution in [2.45, 2.75) is 12.9 Å². The maximum atomic E-state index is 12.5. The Hall–Kier alpha value is -3.62. The van der Waals surface area contributed by atoms with Crippen LogP contribution in [0.4, 0.5) is 19.0 Å². The number of rotatable bonds is 5. The first-order valence-corrected chi connectivity index (χ1v) is 8.31. The number of benzene rings is 1. The number of nitrogens with zero attached hydrogens (tertiary/aromatic N) is 4. The largest absolute Gasteiger partial charge is 0.573 e. The van der Waals surface area contributed by atoms with Gasteiger partial charge in [-0.25, -0.2) is 9.97 Å². The normalized spacial score (nSPS) is 11.5. The Morgan fingerprint density at radius 2 is 1.86 bits per heavy atom. The number of imidazole rings is 1. The molecule has 0 atom stereocenters. The third-order valence-electron chi connectivity index (χ3n) is 4.00.